The summed E-state index contributed by atoms with van der Waals surface area (Å²) in [4.78, 5) is 15.1. The molecule has 0 aliphatic rings. The van der Waals surface area contributed by atoms with Crippen LogP contribution in [0.4, 0.5) is 0 Å². The molecular weight excluding hydrogens is 1610 g/mol. The van der Waals surface area contributed by atoms with Gasteiger partial charge < -0.3 is 8.83 Å². The molecule has 21 aromatic carbocycles. The number of furan rings is 2. The molecule has 0 amide bonds. The second-order valence-corrected chi connectivity index (χ2v) is 34.7. The van der Waals surface area contributed by atoms with E-state index in [9.17, 15) is 0 Å². The van der Waals surface area contributed by atoms with E-state index >= 15 is 0 Å². The van der Waals surface area contributed by atoms with Gasteiger partial charge in [0.1, 0.15) is 22.3 Å². The van der Waals surface area contributed by atoms with Gasteiger partial charge >= 0.3 is 0 Å². The third-order valence-electron chi connectivity index (χ3n) is 26.4. The van der Waals surface area contributed by atoms with Crippen molar-refractivity contribution in [2.75, 3.05) is 0 Å². The molecule has 27 aromatic rings. The highest BCUT2D eigenvalue weighted by Crippen LogP contribution is 2.50. The van der Waals surface area contributed by atoms with Gasteiger partial charge in [-0.2, -0.15) is 0 Å². The largest absolute Gasteiger partial charge is 0.456 e. The maximum absolute atomic E-state index is 6.33. The summed E-state index contributed by atoms with van der Waals surface area (Å²) in [5.41, 5.74) is 26.7. The first-order valence-corrected chi connectivity index (χ1v) is 45.4. The van der Waals surface area contributed by atoms with Crippen molar-refractivity contribution in [1.82, 2.24) is 15.0 Å². The molecule has 131 heavy (non-hydrogen) atoms. The quantitative estimate of drug-likeness (QED) is 0.128. The fraction of sp³-hybridized carbons (Fsp3) is 0. The fourth-order valence-electron chi connectivity index (χ4n) is 20.5. The molecule has 5 nitrogen and oxygen atoms in total. The van der Waals surface area contributed by atoms with Crippen LogP contribution in [0.1, 0.15) is 0 Å². The molecule has 0 fully saturated rings. The molecule has 610 valence electrons. The first kappa shape index (κ1) is 76.4. The van der Waals surface area contributed by atoms with Crippen molar-refractivity contribution in [2.45, 2.75) is 0 Å². The Labute approximate surface area is 759 Å². The molecule has 27 rings (SSSR count). The Bertz CT molecular complexity index is 9010. The molecule has 6 aromatic heterocycles. The monoisotopic (exact) mass is 1680 g/mol. The zero-order valence-electron chi connectivity index (χ0n) is 71.0. The summed E-state index contributed by atoms with van der Waals surface area (Å²) >= 11 is 1.85. The standard InChI is InChI=1S/C47H29NO.C41H25NO.C37H23NS/c1-2-11-33(12-3-1)45-37-14-6-8-16-39(37)46(40-17-9-7-15-38(40)45)35-22-25-42(48-29-35)32-20-18-30(19-21-32)34-24-26-43-41(28-34)47-36-13-5-4-10-31(36)23-27-44(47)49-43;1-2-12-27(13-3-1)38-30-15-6-8-17-32(30)39(33-18-9-7-16-31(33)38)28-21-23-35(42-25-28)34-19-10-20-36-41(34)40-29-14-5-4-11-26(29)22-24-37(40)43-36;1-2-11-24(12-3-1)35-27-14-4-6-16-29(27)36(30-17-7-5-15-28(30)35)25-21-22-33(38-23-25)32-19-10-18-31-26-13-8-9-20-34(26)39-37(31)32/h1-29H;1-25H;1-23H. The lowest BCUT2D eigenvalue weighted by Gasteiger charge is -2.17. The lowest BCUT2D eigenvalue weighted by molar-refractivity contribution is 0.669. The molecule has 0 bridgehead atoms. The normalized spacial score (nSPS) is 11.7. The molecule has 0 atom stereocenters. The third-order valence-corrected chi connectivity index (χ3v) is 27.6. The van der Waals surface area contributed by atoms with E-state index in [-0.39, 0.29) is 0 Å². The number of fused-ring (bicyclic) bond motifs is 19. The summed E-state index contributed by atoms with van der Waals surface area (Å²) in [7, 11) is 0. The Morgan fingerprint density at radius 1 is 0.168 bits per heavy atom. The van der Waals surface area contributed by atoms with Crippen molar-refractivity contribution in [1.29, 1.82) is 0 Å². The van der Waals surface area contributed by atoms with Gasteiger partial charge in [0, 0.05) is 93.7 Å². The SMILES string of the molecule is c1ccc(-c2c3ccccc3c(-c3ccc(-c4ccc(-c5ccc6oc7ccc8ccccc8c7c6c5)cc4)nc3)c3ccccc23)cc1.c1ccc(-c2c3ccccc3c(-c3ccc(-c4cccc5c4sc4ccccc45)nc3)c3ccccc23)cc1.c1ccc(-c2c3ccccc3c(-c3ccc(-c4cccc5oc6ccc7ccccc7c6c45)nc3)c3ccccc23)cc1. The number of benzene rings is 21. The van der Waals surface area contributed by atoms with Crippen LogP contribution in [0, 0.1) is 0 Å². The minimum absolute atomic E-state index is 0.878. The Kier molecular flexibility index (Phi) is 18.7. The first-order chi connectivity index (χ1) is 65.0. The predicted molar refractivity (Wildman–Crippen MR) is 555 cm³/mol. The fourth-order valence-corrected chi connectivity index (χ4v) is 21.7. The van der Waals surface area contributed by atoms with Crippen molar-refractivity contribution >= 4 is 162 Å². The number of aromatic nitrogens is 3. The van der Waals surface area contributed by atoms with E-state index in [0.29, 0.717) is 0 Å². The minimum Gasteiger partial charge on any atom is -0.456 e. The van der Waals surface area contributed by atoms with E-state index in [1.807, 2.05) is 23.7 Å². The van der Waals surface area contributed by atoms with Crippen molar-refractivity contribution in [3.8, 4) is 112 Å². The van der Waals surface area contributed by atoms with Crippen molar-refractivity contribution < 1.29 is 8.83 Å². The summed E-state index contributed by atoms with van der Waals surface area (Å²) in [5, 5.41) is 26.9. The number of thiophene rings is 1. The molecule has 0 spiro atoms. The summed E-state index contributed by atoms with van der Waals surface area (Å²) in [6.07, 6.45) is 6.12. The zero-order chi connectivity index (χ0) is 86.4. The predicted octanol–water partition coefficient (Wildman–Crippen LogP) is 35.3. The topological polar surface area (TPSA) is 65.0 Å². The maximum atomic E-state index is 6.33. The highest BCUT2D eigenvalue weighted by Gasteiger charge is 2.24. The van der Waals surface area contributed by atoms with Crippen LogP contribution in [-0.4, -0.2) is 15.0 Å². The van der Waals surface area contributed by atoms with Gasteiger partial charge in [-0.25, -0.2) is 0 Å². The van der Waals surface area contributed by atoms with Gasteiger partial charge in [-0.1, -0.05) is 394 Å². The second kappa shape index (κ2) is 32.1. The van der Waals surface area contributed by atoms with E-state index in [0.717, 1.165) is 94.5 Å². The highest BCUT2D eigenvalue weighted by molar-refractivity contribution is 7.26. The van der Waals surface area contributed by atoms with Gasteiger partial charge in [-0.3, -0.25) is 15.0 Å². The van der Waals surface area contributed by atoms with E-state index in [2.05, 4.69) is 455 Å². The van der Waals surface area contributed by atoms with Crippen molar-refractivity contribution in [3.05, 3.63) is 468 Å². The van der Waals surface area contributed by atoms with E-state index in [1.165, 1.54) is 167 Å². The van der Waals surface area contributed by atoms with Crippen LogP contribution in [0.2, 0.25) is 0 Å². The average Bonchev–Trinajstić information content (AvgIpc) is 1.28. The minimum atomic E-state index is 0.878. The summed E-state index contributed by atoms with van der Waals surface area (Å²) in [6, 6.07) is 160. The number of nitrogens with zero attached hydrogens (tertiary/aromatic N) is 3. The second-order valence-electron chi connectivity index (χ2n) is 33.7. The van der Waals surface area contributed by atoms with Crippen LogP contribution in [0.5, 0.6) is 0 Å². The number of hydrogen-bond acceptors (Lipinski definition) is 6. The Morgan fingerprint density at radius 2 is 0.481 bits per heavy atom. The van der Waals surface area contributed by atoms with E-state index in [4.69, 9.17) is 23.8 Å². The molecule has 0 saturated heterocycles. The third kappa shape index (κ3) is 13.2. The average molecular weight is 1690 g/mol. The van der Waals surface area contributed by atoms with Gasteiger partial charge in [0.2, 0.25) is 0 Å². The van der Waals surface area contributed by atoms with Gasteiger partial charge in [0.15, 0.2) is 0 Å². The molecule has 0 N–H and O–H groups in total. The highest BCUT2D eigenvalue weighted by atomic mass is 32.1. The van der Waals surface area contributed by atoms with Crippen molar-refractivity contribution in [3.63, 3.8) is 0 Å². The maximum Gasteiger partial charge on any atom is 0.136 e. The van der Waals surface area contributed by atoms with Gasteiger partial charge in [-0.05, 0) is 202 Å². The smallest absolute Gasteiger partial charge is 0.136 e. The molecule has 0 aliphatic carbocycles. The zero-order valence-corrected chi connectivity index (χ0v) is 71.8. The van der Waals surface area contributed by atoms with Crippen molar-refractivity contribution in [2.24, 2.45) is 0 Å². The van der Waals surface area contributed by atoms with Gasteiger partial charge in [0.25, 0.3) is 0 Å². The van der Waals surface area contributed by atoms with Gasteiger partial charge in [0.05, 0.1) is 17.1 Å². The van der Waals surface area contributed by atoms with E-state index in [1.54, 1.807) is 0 Å². The number of rotatable bonds is 10. The summed E-state index contributed by atoms with van der Waals surface area (Å²) in [6.45, 7) is 0. The molecule has 0 unspecified atom stereocenters. The van der Waals surface area contributed by atoms with Crippen LogP contribution in [0.3, 0.4) is 0 Å². The van der Waals surface area contributed by atoms with Crippen LogP contribution in [0.25, 0.3) is 262 Å². The molecule has 0 radical (unpaired) electrons. The summed E-state index contributed by atoms with van der Waals surface area (Å²) < 4.78 is 15.2. The number of pyridine rings is 3. The van der Waals surface area contributed by atoms with E-state index < -0.39 is 0 Å². The lowest BCUT2D eigenvalue weighted by Crippen LogP contribution is -1.92. The van der Waals surface area contributed by atoms with Gasteiger partial charge in [-0.15, -0.1) is 11.3 Å². The Morgan fingerprint density at radius 3 is 0.924 bits per heavy atom. The summed E-state index contributed by atoms with van der Waals surface area (Å²) in [5.74, 6) is 0. The van der Waals surface area contributed by atoms with Crippen LogP contribution >= 0.6 is 11.3 Å². The molecule has 0 saturated carbocycles. The molecule has 0 aliphatic heterocycles. The number of hydrogen-bond donors (Lipinski definition) is 0. The molecular formula is C125H77N3O2S. The Balaban J connectivity index is 0.000000107. The van der Waals surface area contributed by atoms with Crippen LogP contribution in [-0.2, 0) is 0 Å². The molecule has 6 heteroatoms. The molecule has 6 heterocycles. The van der Waals surface area contributed by atoms with Crippen LogP contribution < -0.4 is 0 Å². The van der Waals surface area contributed by atoms with Crippen LogP contribution in [0.15, 0.2) is 476 Å². The Hall–Kier alpha value is -17.0. The first-order valence-electron chi connectivity index (χ1n) is 44.6. The lowest BCUT2D eigenvalue weighted by atomic mass is 9.86.